The molecule has 2 nitrogen and oxygen atoms in total. The van der Waals surface area contributed by atoms with E-state index in [0.29, 0.717) is 12.0 Å². The van der Waals surface area contributed by atoms with E-state index in [1.165, 1.54) is 11.1 Å². The number of hydrogen-bond acceptors (Lipinski definition) is 2. The molecule has 1 atom stereocenters. The Morgan fingerprint density at radius 1 is 1.12 bits per heavy atom. The third-order valence-electron chi connectivity index (χ3n) is 2.89. The Hall–Kier alpha value is -1.02. The molecule has 1 aromatic rings. The van der Waals surface area contributed by atoms with Crippen LogP contribution in [0.4, 0.5) is 0 Å². The molecule has 0 aromatic heterocycles. The van der Waals surface area contributed by atoms with Crippen LogP contribution in [-0.2, 0) is 0 Å². The van der Waals surface area contributed by atoms with Gasteiger partial charge in [0, 0.05) is 18.5 Å². The van der Waals surface area contributed by atoms with Crippen molar-refractivity contribution in [3.05, 3.63) is 29.3 Å². The summed E-state index contributed by atoms with van der Waals surface area (Å²) < 4.78 is 5.80. The van der Waals surface area contributed by atoms with Crippen molar-refractivity contribution in [2.75, 3.05) is 13.2 Å². The molecule has 0 aliphatic carbocycles. The first kappa shape index (κ1) is 14.0. The Kier molecular flexibility index (Phi) is 5.49. The molecule has 0 amide bonds. The number of nitrogens with one attached hydrogen (secondary N) is 1. The summed E-state index contributed by atoms with van der Waals surface area (Å²) in [7, 11) is 0. The van der Waals surface area contributed by atoms with Crippen molar-refractivity contribution in [1.82, 2.24) is 5.32 Å². The van der Waals surface area contributed by atoms with Crippen molar-refractivity contribution in [3.8, 4) is 5.75 Å². The largest absolute Gasteiger partial charge is 0.493 e. The number of aryl methyl sites for hydroxylation is 2. The smallest absolute Gasteiger partial charge is 0.119 e. The summed E-state index contributed by atoms with van der Waals surface area (Å²) in [5.41, 5.74) is 2.60. The predicted octanol–water partition coefficient (Wildman–Crippen LogP) is 3.32. The number of ether oxygens (including phenoxy) is 1. The van der Waals surface area contributed by atoms with Crippen LogP contribution in [0.1, 0.15) is 31.9 Å². The molecule has 0 aliphatic heterocycles. The van der Waals surface area contributed by atoms with Crippen molar-refractivity contribution >= 4 is 0 Å². The maximum absolute atomic E-state index is 5.80. The standard InChI is InChI=1S/C15H25NO/c1-11(2)16-9-12(3)10-17-15-7-6-13(4)14(5)8-15/h6-8,11-12,16H,9-10H2,1-5H3. The van der Waals surface area contributed by atoms with E-state index >= 15 is 0 Å². The summed E-state index contributed by atoms with van der Waals surface area (Å²) in [6.45, 7) is 12.5. The van der Waals surface area contributed by atoms with Crippen LogP contribution in [0.2, 0.25) is 0 Å². The van der Waals surface area contributed by atoms with E-state index in [-0.39, 0.29) is 0 Å². The maximum Gasteiger partial charge on any atom is 0.119 e. The van der Waals surface area contributed by atoms with E-state index < -0.39 is 0 Å². The highest BCUT2D eigenvalue weighted by atomic mass is 16.5. The zero-order valence-corrected chi connectivity index (χ0v) is 11.7. The molecule has 0 saturated carbocycles. The summed E-state index contributed by atoms with van der Waals surface area (Å²) in [5.74, 6) is 1.50. The summed E-state index contributed by atoms with van der Waals surface area (Å²) in [6.07, 6.45) is 0. The Labute approximate surface area is 105 Å². The van der Waals surface area contributed by atoms with E-state index in [9.17, 15) is 0 Å². The average molecular weight is 235 g/mol. The first-order valence-electron chi connectivity index (χ1n) is 6.42. The van der Waals surface area contributed by atoms with Gasteiger partial charge in [0.2, 0.25) is 0 Å². The molecule has 0 aliphatic rings. The molecule has 1 rings (SSSR count). The zero-order chi connectivity index (χ0) is 12.8. The monoisotopic (exact) mass is 235 g/mol. The fourth-order valence-corrected chi connectivity index (χ4v) is 1.54. The van der Waals surface area contributed by atoms with Gasteiger partial charge in [0.05, 0.1) is 6.61 Å². The third kappa shape index (κ3) is 5.22. The number of benzene rings is 1. The molecule has 0 spiro atoms. The van der Waals surface area contributed by atoms with Gasteiger partial charge in [-0.2, -0.15) is 0 Å². The topological polar surface area (TPSA) is 21.3 Å². The molecule has 17 heavy (non-hydrogen) atoms. The summed E-state index contributed by atoms with van der Waals surface area (Å²) in [4.78, 5) is 0. The summed E-state index contributed by atoms with van der Waals surface area (Å²) in [6, 6.07) is 6.81. The lowest BCUT2D eigenvalue weighted by molar-refractivity contribution is 0.253. The van der Waals surface area contributed by atoms with Crippen LogP contribution in [0.3, 0.4) is 0 Å². The van der Waals surface area contributed by atoms with Gasteiger partial charge in [-0.25, -0.2) is 0 Å². The van der Waals surface area contributed by atoms with Crippen molar-refractivity contribution in [2.24, 2.45) is 5.92 Å². The average Bonchev–Trinajstić information content (AvgIpc) is 2.28. The molecule has 0 saturated heterocycles. The van der Waals surface area contributed by atoms with Crippen LogP contribution in [0.25, 0.3) is 0 Å². The lowest BCUT2D eigenvalue weighted by Crippen LogP contribution is -2.30. The predicted molar refractivity (Wildman–Crippen MR) is 73.7 cm³/mol. The van der Waals surface area contributed by atoms with Crippen molar-refractivity contribution < 1.29 is 4.74 Å². The lowest BCUT2D eigenvalue weighted by atomic mass is 10.1. The normalized spacial score (nSPS) is 12.8. The van der Waals surface area contributed by atoms with Crippen molar-refractivity contribution in [2.45, 2.75) is 40.7 Å². The van der Waals surface area contributed by atoms with Gasteiger partial charge in [-0.3, -0.25) is 0 Å². The Morgan fingerprint density at radius 3 is 2.41 bits per heavy atom. The van der Waals surface area contributed by atoms with Gasteiger partial charge >= 0.3 is 0 Å². The van der Waals surface area contributed by atoms with Gasteiger partial charge in [-0.15, -0.1) is 0 Å². The lowest BCUT2D eigenvalue weighted by Gasteiger charge is -2.16. The van der Waals surface area contributed by atoms with Crippen LogP contribution in [-0.4, -0.2) is 19.2 Å². The highest BCUT2D eigenvalue weighted by Crippen LogP contribution is 2.16. The highest BCUT2D eigenvalue weighted by Gasteiger charge is 2.04. The van der Waals surface area contributed by atoms with Gasteiger partial charge in [-0.1, -0.05) is 26.8 Å². The zero-order valence-electron chi connectivity index (χ0n) is 11.7. The molecule has 96 valence electrons. The Balaban J connectivity index is 2.36. The van der Waals surface area contributed by atoms with E-state index in [1.807, 2.05) is 6.07 Å². The molecular weight excluding hydrogens is 210 g/mol. The second kappa shape index (κ2) is 6.65. The second-order valence-corrected chi connectivity index (χ2v) is 5.23. The van der Waals surface area contributed by atoms with Gasteiger partial charge in [0.15, 0.2) is 0 Å². The molecule has 1 N–H and O–H groups in total. The maximum atomic E-state index is 5.80. The molecule has 0 fully saturated rings. The minimum atomic E-state index is 0.527. The molecular formula is C15H25NO. The van der Waals surface area contributed by atoms with Crippen LogP contribution in [0.5, 0.6) is 5.75 Å². The molecule has 2 heteroatoms. The number of hydrogen-bond donors (Lipinski definition) is 1. The molecule has 1 aromatic carbocycles. The summed E-state index contributed by atoms with van der Waals surface area (Å²) in [5, 5.41) is 3.42. The van der Waals surface area contributed by atoms with Crippen LogP contribution in [0, 0.1) is 19.8 Å². The SMILES string of the molecule is Cc1ccc(OCC(C)CNC(C)C)cc1C. The van der Waals surface area contributed by atoms with E-state index in [4.69, 9.17) is 4.74 Å². The minimum Gasteiger partial charge on any atom is -0.493 e. The first-order chi connectivity index (χ1) is 7.99. The van der Waals surface area contributed by atoms with Crippen molar-refractivity contribution in [1.29, 1.82) is 0 Å². The van der Waals surface area contributed by atoms with Crippen LogP contribution in [0.15, 0.2) is 18.2 Å². The molecule has 0 bridgehead atoms. The quantitative estimate of drug-likeness (QED) is 0.816. The van der Waals surface area contributed by atoms with Crippen LogP contribution < -0.4 is 10.1 Å². The van der Waals surface area contributed by atoms with Gasteiger partial charge in [0.1, 0.15) is 5.75 Å². The highest BCUT2D eigenvalue weighted by molar-refractivity contribution is 5.33. The fourth-order valence-electron chi connectivity index (χ4n) is 1.54. The fraction of sp³-hybridized carbons (Fsp3) is 0.600. The second-order valence-electron chi connectivity index (χ2n) is 5.23. The van der Waals surface area contributed by atoms with Gasteiger partial charge in [0.25, 0.3) is 0 Å². The molecule has 1 unspecified atom stereocenters. The Bertz CT molecular complexity index is 347. The summed E-state index contributed by atoms with van der Waals surface area (Å²) >= 11 is 0. The first-order valence-corrected chi connectivity index (χ1v) is 6.42. The van der Waals surface area contributed by atoms with E-state index in [1.54, 1.807) is 0 Å². The van der Waals surface area contributed by atoms with Crippen molar-refractivity contribution in [3.63, 3.8) is 0 Å². The minimum absolute atomic E-state index is 0.527. The Morgan fingerprint density at radius 2 is 1.82 bits per heavy atom. The number of rotatable bonds is 6. The van der Waals surface area contributed by atoms with Gasteiger partial charge in [-0.05, 0) is 37.1 Å². The third-order valence-corrected chi connectivity index (χ3v) is 2.89. The van der Waals surface area contributed by atoms with Crippen LogP contribution >= 0.6 is 0 Å². The molecule has 0 radical (unpaired) electrons. The van der Waals surface area contributed by atoms with E-state index in [2.05, 4.69) is 52.1 Å². The van der Waals surface area contributed by atoms with E-state index in [0.717, 1.165) is 18.9 Å². The molecule has 0 heterocycles. The van der Waals surface area contributed by atoms with Gasteiger partial charge < -0.3 is 10.1 Å².